The number of rotatable bonds is 7. The summed E-state index contributed by atoms with van der Waals surface area (Å²) < 4.78 is 39.4. The van der Waals surface area contributed by atoms with Gasteiger partial charge in [-0.1, -0.05) is 37.5 Å². The van der Waals surface area contributed by atoms with Crippen molar-refractivity contribution in [3.05, 3.63) is 45.6 Å². The number of hydrogen-bond donors (Lipinski definition) is 2. The fourth-order valence-electron chi connectivity index (χ4n) is 4.19. The van der Waals surface area contributed by atoms with Crippen LogP contribution in [0.5, 0.6) is 0 Å². The molecule has 1 fully saturated rings. The largest absolute Gasteiger partial charge is 0.446 e. The Hall–Kier alpha value is -2.60. The molecule has 0 spiro atoms. The summed E-state index contributed by atoms with van der Waals surface area (Å²) in [6.45, 7) is 1.76. The molecule has 3 rings (SSSR count). The van der Waals surface area contributed by atoms with Gasteiger partial charge in [0.25, 0.3) is 0 Å². The molecule has 0 aliphatic heterocycles. The van der Waals surface area contributed by atoms with Gasteiger partial charge < -0.3 is 16.4 Å². The highest BCUT2D eigenvalue weighted by Crippen LogP contribution is 2.41. The SMILES string of the molecule is Cc1nc(N(Cc2ccccc2SC(F)(F)F)C2(CN)CCCCC2)nc(N)c1[N+](=O)[O-]. The predicted molar refractivity (Wildman–Crippen MR) is 117 cm³/mol. The quantitative estimate of drug-likeness (QED) is 0.343. The number of aromatic nitrogens is 2. The van der Waals surface area contributed by atoms with E-state index in [4.69, 9.17) is 11.5 Å². The van der Waals surface area contributed by atoms with Crippen LogP contribution >= 0.6 is 11.8 Å². The number of benzene rings is 1. The first-order valence-corrected chi connectivity index (χ1v) is 11.0. The number of nitrogens with two attached hydrogens (primary N) is 2. The van der Waals surface area contributed by atoms with Crippen LogP contribution in [0.3, 0.4) is 0 Å². The van der Waals surface area contributed by atoms with Crippen LogP contribution in [0, 0.1) is 17.0 Å². The molecule has 1 aromatic carbocycles. The average Bonchev–Trinajstić information content (AvgIpc) is 2.71. The molecule has 0 bridgehead atoms. The van der Waals surface area contributed by atoms with Crippen LogP contribution in [0.15, 0.2) is 29.2 Å². The first-order valence-electron chi connectivity index (χ1n) is 10.2. The highest BCUT2D eigenvalue weighted by Gasteiger charge is 2.40. The number of halogens is 3. The monoisotopic (exact) mass is 470 g/mol. The Morgan fingerprint density at radius 1 is 1.22 bits per heavy atom. The molecule has 12 heteroatoms. The van der Waals surface area contributed by atoms with Crippen molar-refractivity contribution in [1.29, 1.82) is 0 Å². The Balaban J connectivity index is 2.11. The van der Waals surface area contributed by atoms with Gasteiger partial charge in [0.05, 0.1) is 10.5 Å². The fraction of sp³-hybridized carbons (Fsp3) is 0.500. The first-order chi connectivity index (χ1) is 15.1. The summed E-state index contributed by atoms with van der Waals surface area (Å²) in [7, 11) is 0. The van der Waals surface area contributed by atoms with E-state index in [-0.39, 0.29) is 52.9 Å². The molecular formula is C20H25F3N6O2S. The Labute approximate surface area is 187 Å². The smallest absolute Gasteiger partial charge is 0.378 e. The summed E-state index contributed by atoms with van der Waals surface area (Å²) in [6, 6.07) is 6.25. The van der Waals surface area contributed by atoms with E-state index in [2.05, 4.69) is 9.97 Å². The summed E-state index contributed by atoms with van der Waals surface area (Å²) >= 11 is -0.182. The average molecular weight is 471 g/mol. The third kappa shape index (κ3) is 5.23. The lowest BCUT2D eigenvalue weighted by molar-refractivity contribution is -0.385. The van der Waals surface area contributed by atoms with E-state index in [1.807, 2.05) is 0 Å². The number of alkyl halides is 3. The molecule has 174 valence electrons. The van der Waals surface area contributed by atoms with E-state index in [0.717, 1.165) is 19.3 Å². The molecule has 0 amide bonds. The van der Waals surface area contributed by atoms with E-state index >= 15 is 0 Å². The van der Waals surface area contributed by atoms with Gasteiger partial charge in [0.2, 0.25) is 11.8 Å². The maximum Gasteiger partial charge on any atom is 0.446 e. The van der Waals surface area contributed by atoms with Gasteiger partial charge in [0, 0.05) is 18.0 Å². The van der Waals surface area contributed by atoms with Gasteiger partial charge >= 0.3 is 11.2 Å². The summed E-state index contributed by atoms with van der Waals surface area (Å²) in [6.07, 6.45) is 4.23. The highest BCUT2D eigenvalue weighted by atomic mass is 32.2. The number of hydrogen-bond acceptors (Lipinski definition) is 8. The molecule has 0 unspecified atom stereocenters. The fourth-order valence-corrected chi connectivity index (χ4v) is 4.85. The molecule has 8 nitrogen and oxygen atoms in total. The molecule has 1 aliphatic rings. The minimum atomic E-state index is -4.44. The lowest BCUT2D eigenvalue weighted by atomic mass is 9.80. The zero-order valence-electron chi connectivity index (χ0n) is 17.6. The summed E-state index contributed by atoms with van der Waals surface area (Å²) in [5, 5.41) is 11.3. The van der Waals surface area contributed by atoms with Crippen molar-refractivity contribution in [2.75, 3.05) is 17.2 Å². The Morgan fingerprint density at radius 2 is 1.88 bits per heavy atom. The second-order valence-corrected chi connectivity index (χ2v) is 8.94. The van der Waals surface area contributed by atoms with Crippen molar-refractivity contribution >= 4 is 29.2 Å². The zero-order valence-corrected chi connectivity index (χ0v) is 18.4. The van der Waals surface area contributed by atoms with Gasteiger partial charge in [-0.2, -0.15) is 18.2 Å². The van der Waals surface area contributed by atoms with E-state index in [1.165, 1.54) is 13.0 Å². The number of aryl methyl sites for hydroxylation is 1. The molecule has 0 atom stereocenters. The second-order valence-electron chi connectivity index (χ2n) is 7.83. The third-order valence-electron chi connectivity index (χ3n) is 5.76. The topological polar surface area (TPSA) is 124 Å². The van der Waals surface area contributed by atoms with Gasteiger partial charge in [-0.15, -0.1) is 0 Å². The number of thioether (sulfide) groups is 1. The standard InChI is InChI=1S/C20H25F3N6O2S/c1-13-16(29(30)31)17(25)27-18(26-13)28(19(12-24)9-5-2-6-10-19)11-14-7-3-4-8-15(14)32-20(21,22)23/h3-4,7-8H,2,5-6,9-12,24H2,1H3,(H2,25,26,27). The minimum Gasteiger partial charge on any atom is -0.378 e. The van der Waals surface area contributed by atoms with E-state index < -0.39 is 16.0 Å². The van der Waals surface area contributed by atoms with Crippen LogP contribution < -0.4 is 16.4 Å². The first kappa shape index (κ1) is 24.1. The minimum absolute atomic E-state index is 0.0626. The van der Waals surface area contributed by atoms with Crippen LogP contribution in [0.25, 0.3) is 0 Å². The van der Waals surface area contributed by atoms with E-state index in [0.29, 0.717) is 18.4 Å². The van der Waals surface area contributed by atoms with Gasteiger partial charge in [-0.25, -0.2) is 4.98 Å². The molecule has 4 N–H and O–H groups in total. The number of nitro groups is 1. The van der Waals surface area contributed by atoms with Crippen LogP contribution in [0.2, 0.25) is 0 Å². The lowest BCUT2D eigenvalue weighted by Crippen LogP contribution is -2.55. The second kappa shape index (κ2) is 9.49. The third-order valence-corrected chi connectivity index (χ3v) is 6.61. The zero-order chi connectivity index (χ0) is 23.5. The lowest BCUT2D eigenvalue weighted by Gasteiger charge is -2.46. The van der Waals surface area contributed by atoms with Crippen LogP contribution in [0.1, 0.15) is 43.4 Å². The number of nitrogens with zero attached hydrogens (tertiary/aromatic N) is 4. The van der Waals surface area contributed by atoms with E-state index in [1.54, 1.807) is 23.1 Å². The van der Waals surface area contributed by atoms with Gasteiger partial charge in [0.15, 0.2) is 0 Å². The summed E-state index contributed by atoms with van der Waals surface area (Å²) in [5.74, 6) is -0.159. The van der Waals surface area contributed by atoms with Crippen LogP contribution in [-0.2, 0) is 6.54 Å². The van der Waals surface area contributed by atoms with Crippen molar-refractivity contribution in [3.63, 3.8) is 0 Å². The Bertz CT molecular complexity index is 959. The molecule has 32 heavy (non-hydrogen) atoms. The number of nitrogen functional groups attached to an aromatic ring is 1. The molecular weight excluding hydrogens is 445 g/mol. The van der Waals surface area contributed by atoms with Gasteiger partial charge in [-0.3, -0.25) is 10.1 Å². The van der Waals surface area contributed by atoms with Gasteiger partial charge in [0.1, 0.15) is 5.69 Å². The molecule has 1 aromatic heterocycles. The van der Waals surface area contributed by atoms with Crippen LogP contribution in [0.4, 0.5) is 30.6 Å². The van der Waals surface area contributed by atoms with Gasteiger partial charge in [-0.05, 0) is 43.2 Å². The Morgan fingerprint density at radius 3 is 2.44 bits per heavy atom. The van der Waals surface area contributed by atoms with Crippen molar-refractivity contribution in [2.45, 2.75) is 61.5 Å². The molecule has 1 aliphatic carbocycles. The van der Waals surface area contributed by atoms with E-state index in [9.17, 15) is 23.3 Å². The summed E-state index contributed by atoms with van der Waals surface area (Å²) in [4.78, 5) is 21.0. The van der Waals surface area contributed by atoms with Crippen molar-refractivity contribution in [1.82, 2.24) is 9.97 Å². The maximum absolute atomic E-state index is 13.1. The van der Waals surface area contributed by atoms with Crippen molar-refractivity contribution in [2.24, 2.45) is 5.73 Å². The summed E-state index contributed by atoms with van der Waals surface area (Å²) in [5.41, 5.74) is 7.18. The molecule has 0 saturated heterocycles. The molecule has 1 saturated carbocycles. The number of anilines is 2. The molecule has 0 radical (unpaired) electrons. The molecule has 1 heterocycles. The van der Waals surface area contributed by atoms with Crippen LogP contribution in [-0.4, -0.2) is 32.5 Å². The van der Waals surface area contributed by atoms with Crippen molar-refractivity contribution < 1.29 is 18.1 Å². The molecule has 2 aromatic rings. The normalized spacial score (nSPS) is 16.0. The Kier molecular flexibility index (Phi) is 7.13. The maximum atomic E-state index is 13.1. The van der Waals surface area contributed by atoms with Crippen molar-refractivity contribution in [3.8, 4) is 0 Å². The predicted octanol–water partition coefficient (Wildman–Crippen LogP) is 4.56. The highest BCUT2D eigenvalue weighted by molar-refractivity contribution is 8.00.